The van der Waals surface area contributed by atoms with E-state index in [4.69, 9.17) is 0 Å². The van der Waals surface area contributed by atoms with Crippen LogP contribution in [0.1, 0.15) is 39.2 Å². The number of alkyl halides is 2. The summed E-state index contributed by atoms with van der Waals surface area (Å²) in [5.74, 6) is -6.73. The maximum Gasteiger partial charge on any atom is 0.379 e. The maximum atomic E-state index is 14.8. The largest absolute Gasteiger partial charge is 0.598 e. The zero-order valence-electron chi connectivity index (χ0n) is 13.9. The summed E-state index contributed by atoms with van der Waals surface area (Å²) in [6.45, 7) is 3.95. The highest BCUT2D eigenvalue weighted by molar-refractivity contribution is 7.89. The summed E-state index contributed by atoms with van der Waals surface area (Å²) in [5, 5.41) is 0. The highest BCUT2D eigenvalue weighted by Crippen LogP contribution is 2.40. The average molecular weight is 365 g/mol. The molecule has 0 aromatic heterocycles. The summed E-state index contributed by atoms with van der Waals surface area (Å²) in [4.78, 5) is 11.8. The van der Waals surface area contributed by atoms with E-state index < -0.39 is 40.2 Å². The normalized spacial score (nSPS) is 15.6. The van der Waals surface area contributed by atoms with E-state index in [9.17, 15) is 22.5 Å². The van der Waals surface area contributed by atoms with Gasteiger partial charge in [-0.25, -0.2) is 9.18 Å². The molecular weight excluding hydrogens is 343 g/mol. The molecule has 1 rings (SSSR count). The van der Waals surface area contributed by atoms with Crippen molar-refractivity contribution in [3.05, 3.63) is 35.6 Å². The minimum absolute atomic E-state index is 0.111. The molecule has 0 radical (unpaired) electrons. The van der Waals surface area contributed by atoms with Crippen molar-refractivity contribution in [1.29, 1.82) is 0 Å². The molecule has 0 aliphatic carbocycles. The van der Waals surface area contributed by atoms with Gasteiger partial charge in [0.1, 0.15) is 11.6 Å². The number of unbranched alkanes of at least 4 members (excludes halogenated alkanes) is 1. The lowest BCUT2D eigenvalue weighted by Crippen LogP contribution is -2.60. The van der Waals surface area contributed by atoms with Crippen molar-refractivity contribution in [1.82, 2.24) is 4.72 Å². The van der Waals surface area contributed by atoms with Gasteiger partial charge in [0.2, 0.25) is 0 Å². The van der Waals surface area contributed by atoms with Gasteiger partial charge in [0.05, 0.1) is 6.61 Å². The predicted octanol–water partition coefficient (Wildman–Crippen LogP) is 3.29. The van der Waals surface area contributed by atoms with Crippen molar-refractivity contribution < 1.29 is 27.3 Å². The topological polar surface area (TPSA) is 61.4 Å². The molecule has 2 atom stereocenters. The molecule has 0 spiro atoms. The van der Waals surface area contributed by atoms with E-state index in [0.29, 0.717) is 6.42 Å². The summed E-state index contributed by atoms with van der Waals surface area (Å²) in [5.41, 5.74) is -2.96. The van der Waals surface area contributed by atoms with Gasteiger partial charge in [0, 0.05) is 16.9 Å². The molecule has 0 aliphatic heterocycles. The average Bonchev–Trinajstić information content (AvgIpc) is 2.53. The molecule has 0 amide bonds. The molecule has 0 unspecified atom stereocenters. The van der Waals surface area contributed by atoms with Crippen molar-refractivity contribution in [2.75, 3.05) is 12.4 Å². The standard InChI is InChI=1S/C16H22F3NO3S/c1-4-6-11-24(22)20-15(3,12-9-7-8-10-13(12)17)16(18,19)14(21)23-5-2/h7-10,20H,4-6,11H2,1-3H3/t15-,24-/m1/s1. The summed E-state index contributed by atoms with van der Waals surface area (Å²) >= 11 is -1.87. The van der Waals surface area contributed by atoms with Gasteiger partial charge in [-0.15, -0.1) is 4.72 Å². The van der Waals surface area contributed by atoms with E-state index in [1.807, 2.05) is 6.92 Å². The first kappa shape index (κ1) is 20.8. The lowest BCUT2D eigenvalue weighted by Gasteiger charge is -2.36. The molecule has 0 bridgehead atoms. The SMILES string of the molecule is CCCC[S@@+]([O-])N[C@](C)(c1ccccc1F)C(F)(F)C(=O)OCC. The van der Waals surface area contributed by atoms with Crippen molar-refractivity contribution in [2.24, 2.45) is 0 Å². The van der Waals surface area contributed by atoms with E-state index in [1.165, 1.54) is 19.1 Å². The monoisotopic (exact) mass is 365 g/mol. The molecule has 1 aromatic rings. The second kappa shape index (κ2) is 8.73. The van der Waals surface area contributed by atoms with Crippen LogP contribution in [-0.2, 0) is 26.4 Å². The van der Waals surface area contributed by atoms with Crippen LogP contribution in [0.25, 0.3) is 0 Å². The Hall–Kier alpha value is -1.25. The van der Waals surface area contributed by atoms with Crippen LogP contribution >= 0.6 is 0 Å². The Morgan fingerprint density at radius 1 is 1.33 bits per heavy atom. The van der Waals surface area contributed by atoms with Crippen molar-refractivity contribution in [2.45, 2.75) is 45.1 Å². The molecule has 0 saturated carbocycles. The quantitative estimate of drug-likeness (QED) is 0.539. The number of rotatable bonds is 9. The molecule has 8 heteroatoms. The number of carbonyl (C=O) groups excluding carboxylic acids is 1. The molecule has 4 nitrogen and oxygen atoms in total. The Bertz CT molecular complexity index is 559. The molecule has 24 heavy (non-hydrogen) atoms. The molecule has 136 valence electrons. The maximum absolute atomic E-state index is 14.8. The van der Waals surface area contributed by atoms with E-state index in [0.717, 1.165) is 25.5 Å². The zero-order chi connectivity index (χ0) is 18.4. The fraction of sp³-hybridized carbons (Fsp3) is 0.562. The first-order valence-corrected chi connectivity index (χ1v) is 8.98. The van der Waals surface area contributed by atoms with Crippen molar-refractivity contribution in [3.8, 4) is 0 Å². The fourth-order valence-electron chi connectivity index (χ4n) is 2.13. The van der Waals surface area contributed by atoms with Crippen molar-refractivity contribution >= 4 is 17.3 Å². The van der Waals surface area contributed by atoms with Crippen LogP contribution in [0, 0.1) is 5.82 Å². The van der Waals surface area contributed by atoms with Crippen LogP contribution in [0.5, 0.6) is 0 Å². The first-order chi connectivity index (χ1) is 11.2. The first-order valence-electron chi connectivity index (χ1n) is 7.66. The van der Waals surface area contributed by atoms with Crippen LogP contribution in [0.15, 0.2) is 24.3 Å². The third kappa shape index (κ3) is 4.43. The second-order valence-electron chi connectivity index (χ2n) is 5.40. The van der Waals surface area contributed by atoms with Gasteiger partial charge in [-0.1, -0.05) is 31.5 Å². The molecule has 0 saturated heterocycles. The smallest absolute Gasteiger partial charge is 0.379 e. The van der Waals surface area contributed by atoms with E-state index >= 15 is 0 Å². The van der Waals surface area contributed by atoms with Gasteiger partial charge in [-0.2, -0.15) is 8.78 Å². The van der Waals surface area contributed by atoms with Gasteiger partial charge in [-0.3, -0.25) is 0 Å². The van der Waals surface area contributed by atoms with Gasteiger partial charge >= 0.3 is 11.9 Å². The molecule has 1 aromatic carbocycles. The number of benzene rings is 1. The number of nitrogens with one attached hydrogen (secondary N) is 1. The Balaban J connectivity index is 3.30. The van der Waals surface area contributed by atoms with E-state index in [-0.39, 0.29) is 12.4 Å². The Morgan fingerprint density at radius 2 is 1.96 bits per heavy atom. The van der Waals surface area contributed by atoms with E-state index in [2.05, 4.69) is 9.46 Å². The number of hydrogen-bond donors (Lipinski definition) is 1. The van der Waals surface area contributed by atoms with Gasteiger partial charge in [0.25, 0.3) is 0 Å². The lowest BCUT2D eigenvalue weighted by molar-refractivity contribution is -0.183. The number of esters is 1. The minimum Gasteiger partial charge on any atom is -0.598 e. The minimum atomic E-state index is -4.12. The van der Waals surface area contributed by atoms with Gasteiger partial charge in [-0.05, 0) is 26.3 Å². The summed E-state index contributed by atoms with van der Waals surface area (Å²) in [6, 6.07) is 4.85. The predicted molar refractivity (Wildman–Crippen MR) is 86.4 cm³/mol. The summed E-state index contributed by atoms with van der Waals surface area (Å²) < 4.78 is 62.5. The van der Waals surface area contributed by atoms with Gasteiger partial charge in [0.15, 0.2) is 5.54 Å². The number of carbonyl (C=O) groups is 1. The molecule has 0 aliphatic rings. The Labute approximate surface area is 143 Å². The van der Waals surface area contributed by atoms with Crippen LogP contribution in [0.3, 0.4) is 0 Å². The second-order valence-corrected chi connectivity index (χ2v) is 6.71. The molecule has 0 heterocycles. The highest BCUT2D eigenvalue weighted by Gasteiger charge is 2.61. The van der Waals surface area contributed by atoms with E-state index in [1.54, 1.807) is 0 Å². The molecular formula is C16H22F3NO3S. The molecule has 0 fully saturated rings. The molecule has 1 N–H and O–H groups in total. The Morgan fingerprint density at radius 3 is 2.50 bits per heavy atom. The van der Waals surface area contributed by atoms with Crippen LogP contribution in [-0.4, -0.2) is 28.8 Å². The fourth-order valence-corrected chi connectivity index (χ4v) is 3.48. The third-order valence-electron chi connectivity index (χ3n) is 3.57. The highest BCUT2D eigenvalue weighted by atomic mass is 32.2. The zero-order valence-corrected chi connectivity index (χ0v) is 14.7. The Kier molecular flexibility index (Phi) is 7.56. The van der Waals surface area contributed by atoms with Crippen LogP contribution < -0.4 is 4.72 Å². The lowest BCUT2D eigenvalue weighted by atomic mass is 9.86. The number of ether oxygens (including phenoxy) is 1. The third-order valence-corrected chi connectivity index (χ3v) is 4.87. The summed E-state index contributed by atoms with van der Waals surface area (Å²) in [6.07, 6.45) is 1.26. The number of hydrogen-bond acceptors (Lipinski definition) is 4. The summed E-state index contributed by atoms with van der Waals surface area (Å²) in [7, 11) is 0. The van der Waals surface area contributed by atoms with Crippen molar-refractivity contribution in [3.63, 3.8) is 0 Å². The number of halogens is 3. The van der Waals surface area contributed by atoms with Crippen LogP contribution in [0.2, 0.25) is 0 Å². The van der Waals surface area contributed by atoms with Crippen LogP contribution in [0.4, 0.5) is 13.2 Å². The van der Waals surface area contributed by atoms with Gasteiger partial charge < -0.3 is 9.29 Å².